The molecule has 2 aromatic heterocycles. The monoisotopic (exact) mass is 478 g/mol. The number of H-pyrrole nitrogens is 1. The van der Waals surface area contributed by atoms with Crippen LogP contribution in [0.5, 0.6) is 5.75 Å². The lowest BCUT2D eigenvalue weighted by molar-refractivity contribution is 0.287. The van der Waals surface area contributed by atoms with Crippen molar-refractivity contribution in [3.8, 4) is 34.2 Å². The number of hydrogen-bond donors (Lipinski definition) is 2. The van der Waals surface area contributed by atoms with E-state index >= 15 is 4.39 Å². The summed E-state index contributed by atoms with van der Waals surface area (Å²) >= 11 is 6.24. The van der Waals surface area contributed by atoms with E-state index in [1.807, 2.05) is 6.92 Å². The predicted molar refractivity (Wildman–Crippen MR) is 126 cm³/mol. The van der Waals surface area contributed by atoms with Gasteiger partial charge in [0.2, 0.25) is 0 Å². The summed E-state index contributed by atoms with van der Waals surface area (Å²) < 4.78 is 22.9. The molecule has 1 saturated carbocycles. The summed E-state index contributed by atoms with van der Waals surface area (Å²) in [5.41, 5.74) is 7.61. The lowest BCUT2D eigenvalue weighted by Crippen LogP contribution is -2.13. The van der Waals surface area contributed by atoms with E-state index in [4.69, 9.17) is 22.1 Å². The highest BCUT2D eigenvalue weighted by molar-refractivity contribution is 6.31. The summed E-state index contributed by atoms with van der Waals surface area (Å²) in [7, 11) is 1.66. The van der Waals surface area contributed by atoms with Crippen LogP contribution in [-0.2, 0) is 13.6 Å². The van der Waals surface area contributed by atoms with Gasteiger partial charge in [-0.1, -0.05) is 24.6 Å². The molecule has 0 bridgehead atoms. The molecule has 0 radical (unpaired) electrons. The summed E-state index contributed by atoms with van der Waals surface area (Å²) in [4.78, 5) is 12.2. The zero-order chi connectivity index (χ0) is 24.1. The maximum Gasteiger partial charge on any atom is 0.272 e. The Hall–Kier alpha value is -3.74. The molecule has 5 rings (SSSR count). The average molecular weight is 479 g/mol. The van der Waals surface area contributed by atoms with Crippen LogP contribution in [0.2, 0.25) is 5.02 Å². The van der Waals surface area contributed by atoms with Crippen molar-refractivity contribution in [1.82, 2.24) is 20.0 Å². The van der Waals surface area contributed by atoms with Crippen molar-refractivity contribution in [1.29, 1.82) is 5.26 Å². The zero-order valence-corrected chi connectivity index (χ0v) is 19.2. The van der Waals surface area contributed by atoms with Gasteiger partial charge in [0.25, 0.3) is 5.56 Å². The Morgan fingerprint density at radius 2 is 2.15 bits per heavy atom. The molecule has 0 saturated heterocycles. The van der Waals surface area contributed by atoms with Gasteiger partial charge in [-0.25, -0.2) is 9.49 Å². The van der Waals surface area contributed by atoms with Crippen LogP contribution < -0.4 is 16.0 Å². The summed E-state index contributed by atoms with van der Waals surface area (Å²) in [6, 6.07) is 8.59. The molecular formula is C24H20ClFN6O2. The van der Waals surface area contributed by atoms with Crippen molar-refractivity contribution in [3.63, 3.8) is 0 Å². The Bertz CT molecular complexity index is 1550. The highest BCUT2D eigenvalue weighted by Gasteiger charge is 2.36. The van der Waals surface area contributed by atoms with Crippen LogP contribution in [-0.4, -0.2) is 26.1 Å². The van der Waals surface area contributed by atoms with Crippen LogP contribution >= 0.6 is 11.6 Å². The van der Waals surface area contributed by atoms with E-state index in [1.54, 1.807) is 31.4 Å². The highest BCUT2D eigenvalue weighted by Crippen LogP contribution is 2.43. The van der Waals surface area contributed by atoms with Crippen molar-refractivity contribution in [2.75, 3.05) is 0 Å². The number of nitrogens with two attached hydrogens (primary N) is 1. The van der Waals surface area contributed by atoms with Gasteiger partial charge in [0, 0.05) is 30.6 Å². The number of benzene rings is 2. The number of aromatic amines is 1. The fourth-order valence-electron chi connectivity index (χ4n) is 4.13. The first-order valence-electron chi connectivity index (χ1n) is 10.7. The maximum atomic E-state index is 15.5. The smallest absolute Gasteiger partial charge is 0.272 e. The van der Waals surface area contributed by atoms with E-state index < -0.39 is 5.82 Å². The van der Waals surface area contributed by atoms with Crippen molar-refractivity contribution in [3.05, 3.63) is 62.9 Å². The molecule has 8 nitrogen and oxygen atoms in total. The summed E-state index contributed by atoms with van der Waals surface area (Å²) in [6.45, 7) is 2.16. The van der Waals surface area contributed by atoms with Crippen LogP contribution in [0.15, 0.2) is 35.3 Å². The zero-order valence-electron chi connectivity index (χ0n) is 18.4. The number of ether oxygens (including phenoxy) is 1. The average Bonchev–Trinajstić information content (AvgIpc) is 3.39. The van der Waals surface area contributed by atoms with Crippen LogP contribution in [0.25, 0.3) is 33.2 Å². The molecule has 0 aliphatic heterocycles. The Kier molecular flexibility index (Phi) is 5.35. The van der Waals surface area contributed by atoms with Crippen LogP contribution in [0.3, 0.4) is 0 Å². The molecule has 0 spiro atoms. The molecule has 1 aliphatic rings. The normalized spacial score (nSPS) is 17.1. The number of rotatable bonds is 5. The van der Waals surface area contributed by atoms with Crippen LogP contribution in [0.4, 0.5) is 4.39 Å². The van der Waals surface area contributed by atoms with Gasteiger partial charge in [-0.2, -0.15) is 15.5 Å². The molecule has 0 unspecified atom stereocenters. The lowest BCUT2D eigenvalue weighted by Gasteiger charge is -2.15. The third-order valence-electron chi connectivity index (χ3n) is 6.16. The Morgan fingerprint density at radius 1 is 1.38 bits per heavy atom. The topological polar surface area (TPSA) is 123 Å². The number of nitriles is 1. The number of aromatic nitrogens is 4. The van der Waals surface area contributed by atoms with Crippen molar-refractivity contribution >= 4 is 22.4 Å². The van der Waals surface area contributed by atoms with E-state index in [1.165, 1.54) is 10.7 Å². The molecular weight excluding hydrogens is 459 g/mol. The SMILES string of the molecule is C[C@H]1C[C@@H]1Oc1cc(Cl)c(F)c(-c2c(-c3ccc4c(=O)[nH]nc(CN)c4c3)cnn2C)c1C#N. The summed E-state index contributed by atoms with van der Waals surface area (Å²) in [6.07, 6.45) is 2.40. The summed E-state index contributed by atoms with van der Waals surface area (Å²) in [5.74, 6) is -0.136. The van der Waals surface area contributed by atoms with Crippen LogP contribution in [0, 0.1) is 23.1 Å². The number of nitrogens with zero attached hydrogens (tertiary/aromatic N) is 4. The minimum absolute atomic E-state index is 0.0106. The molecule has 172 valence electrons. The van der Waals surface area contributed by atoms with Crippen molar-refractivity contribution in [2.24, 2.45) is 18.7 Å². The van der Waals surface area contributed by atoms with Gasteiger partial charge in [0.1, 0.15) is 23.5 Å². The second-order valence-electron chi connectivity index (χ2n) is 8.40. The number of nitrogens with one attached hydrogen (secondary N) is 1. The van der Waals surface area contributed by atoms with E-state index in [0.717, 1.165) is 6.42 Å². The fourth-order valence-corrected chi connectivity index (χ4v) is 4.33. The van der Waals surface area contributed by atoms with Gasteiger partial charge in [0.15, 0.2) is 5.82 Å². The molecule has 2 heterocycles. The third-order valence-corrected chi connectivity index (χ3v) is 6.43. The lowest BCUT2D eigenvalue weighted by atomic mass is 9.95. The first kappa shape index (κ1) is 22.1. The molecule has 2 aromatic carbocycles. The molecule has 1 aliphatic carbocycles. The van der Waals surface area contributed by atoms with Gasteiger partial charge in [-0.3, -0.25) is 9.48 Å². The van der Waals surface area contributed by atoms with E-state index in [0.29, 0.717) is 39.2 Å². The van der Waals surface area contributed by atoms with E-state index in [2.05, 4.69) is 21.4 Å². The number of hydrogen-bond acceptors (Lipinski definition) is 6. The van der Waals surface area contributed by atoms with Gasteiger partial charge in [-0.05, 0) is 30.0 Å². The minimum Gasteiger partial charge on any atom is -0.489 e. The van der Waals surface area contributed by atoms with Crippen molar-refractivity contribution in [2.45, 2.75) is 26.0 Å². The van der Waals surface area contributed by atoms with Gasteiger partial charge in [-0.15, -0.1) is 0 Å². The molecule has 0 amide bonds. The van der Waals surface area contributed by atoms with Gasteiger partial charge >= 0.3 is 0 Å². The molecule has 4 aromatic rings. The van der Waals surface area contributed by atoms with Gasteiger partial charge in [0.05, 0.1) is 33.6 Å². The highest BCUT2D eigenvalue weighted by atomic mass is 35.5. The number of fused-ring (bicyclic) bond motifs is 1. The van der Waals surface area contributed by atoms with Gasteiger partial charge < -0.3 is 10.5 Å². The second-order valence-corrected chi connectivity index (χ2v) is 8.80. The molecule has 10 heteroatoms. The second kappa shape index (κ2) is 8.24. The quantitative estimate of drug-likeness (QED) is 0.448. The standard InChI is InChI=1S/C24H20ClFN6O2/c1-11-5-19(11)34-20-7-17(25)22(26)21(15(20)8-27)23-16(10-29-32(23)2)12-3-4-13-14(6-12)18(9-28)30-31-24(13)33/h3-4,6-7,10-11,19H,5,9,28H2,1-2H3,(H,31,33)/t11-,19-/m0/s1. The Labute approximate surface area is 198 Å². The fraction of sp³-hybridized carbons (Fsp3) is 0.250. The van der Waals surface area contributed by atoms with Crippen molar-refractivity contribution < 1.29 is 9.13 Å². The Balaban J connectivity index is 1.74. The molecule has 3 N–H and O–H groups in total. The molecule has 34 heavy (non-hydrogen) atoms. The molecule has 2 atom stereocenters. The number of halogens is 2. The maximum absolute atomic E-state index is 15.5. The first-order valence-corrected chi connectivity index (χ1v) is 11.0. The van der Waals surface area contributed by atoms with E-state index in [9.17, 15) is 10.1 Å². The third kappa shape index (κ3) is 3.52. The number of aryl methyl sites for hydroxylation is 1. The van der Waals surface area contributed by atoms with Crippen LogP contribution in [0.1, 0.15) is 24.6 Å². The minimum atomic E-state index is -0.735. The largest absolute Gasteiger partial charge is 0.489 e. The first-order chi connectivity index (χ1) is 16.3. The Morgan fingerprint density at radius 3 is 2.82 bits per heavy atom. The summed E-state index contributed by atoms with van der Waals surface area (Å²) in [5, 5.41) is 21.6. The van der Waals surface area contributed by atoms with E-state index in [-0.39, 0.29) is 40.1 Å². The predicted octanol–water partition coefficient (Wildman–Crippen LogP) is 3.90. The molecule has 1 fully saturated rings.